The van der Waals surface area contributed by atoms with Gasteiger partial charge in [0, 0.05) is 36.6 Å². The van der Waals surface area contributed by atoms with Crippen LogP contribution in [0.5, 0.6) is 0 Å². The molecule has 164 valence electrons. The molecule has 0 spiro atoms. The molecule has 0 fully saturated rings. The second kappa shape index (κ2) is 9.80. The summed E-state index contributed by atoms with van der Waals surface area (Å²) in [6, 6.07) is 18.7. The Morgan fingerprint density at radius 1 is 0.939 bits per heavy atom. The van der Waals surface area contributed by atoms with Gasteiger partial charge in [0.2, 0.25) is 0 Å². The summed E-state index contributed by atoms with van der Waals surface area (Å²) in [5.41, 5.74) is 15.9. The van der Waals surface area contributed by atoms with Gasteiger partial charge in [-0.3, -0.25) is 19.6 Å². The number of aromatic nitrogens is 3. The Hall–Kier alpha value is -4.43. The van der Waals surface area contributed by atoms with Crippen LogP contribution in [-0.4, -0.2) is 26.8 Å². The molecule has 0 aliphatic rings. The molecule has 4 rings (SSSR count). The zero-order valence-corrected chi connectivity index (χ0v) is 17.7. The maximum atomic E-state index is 12.9. The number of primary amides is 1. The van der Waals surface area contributed by atoms with Gasteiger partial charge in [-0.2, -0.15) is 0 Å². The van der Waals surface area contributed by atoms with Crippen LogP contribution >= 0.6 is 0 Å². The van der Waals surface area contributed by atoms with Crippen molar-refractivity contribution < 1.29 is 9.59 Å². The first kappa shape index (κ1) is 21.8. The average molecular weight is 438 g/mol. The van der Waals surface area contributed by atoms with Crippen LogP contribution in [0, 0.1) is 0 Å². The minimum Gasteiger partial charge on any atom is -0.364 e. The molecular formula is C25H22N6O2. The van der Waals surface area contributed by atoms with Gasteiger partial charge in [-0.25, -0.2) is 4.98 Å². The van der Waals surface area contributed by atoms with E-state index in [-0.39, 0.29) is 18.1 Å². The molecule has 33 heavy (non-hydrogen) atoms. The van der Waals surface area contributed by atoms with E-state index in [1.54, 1.807) is 36.7 Å². The van der Waals surface area contributed by atoms with E-state index in [0.29, 0.717) is 29.1 Å². The molecule has 8 nitrogen and oxygen atoms in total. The van der Waals surface area contributed by atoms with Gasteiger partial charge >= 0.3 is 0 Å². The van der Waals surface area contributed by atoms with Gasteiger partial charge in [0.05, 0.1) is 17.6 Å². The highest BCUT2D eigenvalue weighted by molar-refractivity contribution is 5.96. The minimum absolute atomic E-state index is 0.0255. The summed E-state index contributed by atoms with van der Waals surface area (Å²) in [5.74, 6) is -0.936. The van der Waals surface area contributed by atoms with Gasteiger partial charge in [0.15, 0.2) is 5.69 Å². The second-order valence-electron chi connectivity index (χ2n) is 7.28. The lowest BCUT2D eigenvalue weighted by molar-refractivity contribution is 0.0949. The van der Waals surface area contributed by atoms with E-state index in [2.05, 4.69) is 20.3 Å². The lowest BCUT2D eigenvalue weighted by Gasteiger charge is -2.12. The zero-order valence-electron chi connectivity index (χ0n) is 17.7. The smallest absolute Gasteiger partial charge is 0.269 e. The number of amides is 2. The Bertz CT molecular complexity index is 1310. The highest BCUT2D eigenvalue weighted by Crippen LogP contribution is 2.23. The van der Waals surface area contributed by atoms with Crippen molar-refractivity contribution in [2.75, 3.05) is 0 Å². The molecule has 4 aromatic rings. The van der Waals surface area contributed by atoms with Gasteiger partial charge in [0.1, 0.15) is 0 Å². The number of benzene rings is 2. The normalized spacial score (nSPS) is 10.6. The average Bonchev–Trinajstić information content (AvgIpc) is 2.87. The maximum absolute atomic E-state index is 12.9. The first-order valence-corrected chi connectivity index (χ1v) is 10.3. The van der Waals surface area contributed by atoms with Crippen LogP contribution < -0.4 is 16.8 Å². The number of nitrogens with zero attached hydrogens (tertiary/aromatic N) is 3. The zero-order chi connectivity index (χ0) is 23.2. The monoisotopic (exact) mass is 438 g/mol. The number of nitrogens with two attached hydrogens (primary N) is 2. The fourth-order valence-corrected chi connectivity index (χ4v) is 3.48. The number of pyridine rings is 1. The molecule has 8 heteroatoms. The van der Waals surface area contributed by atoms with Crippen molar-refractivity contribution >= 4 is 11.8 Å². The van der Waals surface area contributed by atoms with Gasteiger partial charge in [-0.05, 0) is 41.0 Å². The molecule has 2 heterocycles. The van der Waals surface area contributed by atoms with E-state index in [9.17, 15) is 9.59 Å². The van der Waals surface area contributed by atoms with E-state index >= 15 is 0 Å². The quantitative estimate of drug-likeness (QED) is 0.406. The Labute approximate surface area is 190 Å². The minimum atomic E-state index is -0.702. The number of rotatable bonds is 7. The second-order valence-corrected chi connectivity index (χ2v) is 7.28. The topological polar surface area (TPSA) is 137 Å². The molecule has 0 unspecified atom stereocenters. The largest absolute Gasteiger partial charge is 0.364 e. The van der Waals surface area contributed by atoms with Gasteiger partial charge in [-0.1, -0.05) is 36.4 Å². The molecule has 0 saturated heterocycles. The summed E-state index contributed by atoms with van der Waals surface area (Å²) in [6.07, 6.45) is 4.99. The molecule has 0 radical (unpaired) electrons. The highest BCUT2D eigenvalue weighted by Gasteiger charge is 2.14. The lowest BCUT2D eigenvalue weighted by atomic mass is 10.0. The maximum Gasteiger partial charge on any atom is 0.269 e. The lowest BCUT2D eigenvalue weighted by Crippen LogP contribution is -2.23. The van der Waals surface area contributed by atoms with Gasteiger partial charge in [-0.15, -0.1) is 0 Å². The number of hydrogen-bond acceptors (Lipinski definition) is 6. The van der Waals surface area contributed by atoms with Crippen LogP contribution in [-0.2, 0) is 13.1 Å². The van der Waals surface area contributed by atoms with E-state index in [1.165, 1.54) is 6.20 Å². The number of nitrogens with one attached hydrogen (secondary N) is 1. The fourth-order valence-electron chi connectivity index (χ4n) is 3.48. The van der Waals surface area contributed by atoms with E-state index < -0.39 is 5.91 Å². The first-order chi connectivity index (χ1) is 16.1. The van der Waals surface area contributed by atoms with Crippen LogP contribution in [0.4, 0.5) is 0 Å². The van der Waals surface area contributed by atoms with Crippen molar-refractivity contribution in [3.05, 3.63) is 102 Å². The summed E-state index contributed by atoms with van der Waals surface area (Å²) < 4.78 is 0. The molecule has 5 N–H and O–H groups in total. The molecule has 0 bridgehead atoms. The Morgan fingerprint density at radius 2 is 1.73 bits per heavy atom. The Balaban J connectivity index is 1.54. The molecule has 2 aromatic carbocycles. The van der Waals surface area contributed by atoms with Crippen molar-refractivity contribution in [3.8, 4) is 22.4 Å². The highest BCUT2D eigenvalue weighted by atomic mass is 16.2. The predicted octanol–water partition coefficient (Wildman–Crippen LogP) is 2.69. The summed E-state index contributed by atoms with van der Waals surface area (Å²) in [7, 11) is 0. The van der Waals surface area contributed by atoms with Crippen molar-refractivity contribution in [2.45, 2.75) is 13.1 Å². The summed E-state index contributed by atoms with van der Waals surface area (Å²) in [4.78, 5) is 37.1. The fraction of sp³-hybridized carbons (Fsp3) is 0.0800. The Kier molecular flexibility index (Phi) is 6.47. The van der Waals surface area contributed by atoms with Crippen molar-refractivity contribution in [1.29, 1.82) is 0 Å². The third-order valence-corrected chi connectivity index (χ3v) is 5.14. The molecule has 0 aliphatic heterocycles. The third kappa shape index (κ3) is 4.91. The van der Waals surface area contributed by atoms with Crippen molar-refractivity contribution in [1.82, 2.24) is 20.3 Å². The van der Waals surface area contributed by atoms with E-state index in [1.807, 2.05) is 36.4 Å². The predicted molar refractivity (Wildman–Crippen MR) is 125 cm³/mol. The number of carbonyl (C=O) groups excluding carboxylic acids is 2. The SMILES string of the molecule is NCc1ncc(-c2cccc(C(=O)NCc3ccccc3-c3ccncc3)c2)nc1C(N)=O. The molecular weight excluding hydrogens is 416 g/mol. The van der Waals surface area contributed by atoms with Crippen molar-refractivity contribution in [3.63, 3.8) is 0 Å². The molecule has 2 aromatic heterocycles. The van der Waals surface area contributed by atoms with Crippen LogP contribution in [0.1, 0.15) is 32.1 Å². The van der Waals surface area contributed by atoms with Crippen LogP contribution in [0.15, 0.2) is 79.3 Å². The van der Waals surface area contributed by atoms with Crippen molar-refractivity contribution in [2.24, 2.45) is 11.5 Å². The van der Waals surface area contributed by atoms with Crippen LogP contribution in [0.25, 0.3) is 22.4 Å². The first-order valence-electron chi connectivity index (χ1n) is 10.3. The Morgan fingerprint density at radius 3 is 2.48 bits per heavy atom. The molecule has 0 aliphatic carbocycles. The summed E-state index contributed by atoms with van der Waals surface area (Å²) in [5, 5.41) is 2.97. The standard InChI is InChI=1S/C25H22N6O2/c26-13-21-23(24(27)32)31-22(15-29-21)17-5-3-6-18(12-17)25(33)30-14-19-4-1-2-7-20(19)16-8-10-28-11-9-16/h1-12,15H,13-14,26H2,(H2,27,32)(H,30,33). The van der Waals surface area contributed by atoms with E-state index in [4.69, 9.17) is 11.5 Å². The summed E-state index contributed by atoms with van der Waals surface area (Å²) >= 11 is 0. The van der Waals surface area contributed by atoms with E-state index in [0.717, 1.165) is 16.7 Å². The molecule has 0 atom stereocenters. The number of carbonyl (C=O) groups is 2. The molecule has 2 amide bonds. The van der Waals surface area contributed by atoms with Gasteiger partial charge < -0.3 is 16.8 Å². The molecule has 0 saturated carbocycles. The van der Waals surface area contributed by atoms with Gasteiger partial charge in [0.25, 0.3) is 11.8 Å². The van der Waals surface area contributed by atoms with Crippen LogP contribution in [0.3, 0.4) is 0 Å². The number of hydrogen-bond donors (Lipinski definition) is 3. The summed E-state index contributed by atoms with van der Waals surface area (Å²) in [6.45, 7) is 0.410. The third-order valence-electron chi connectivity index (χ3n) is 5.14. The van der Waals surface area contributed by atoms with Crippen LogP contribution in [0.2, 0.25) is 0 Å².